The molecule has 2 amide bonds. The Morgan fingerprint density at radius 3 is 2.41 bits per heavy atom. The molecule has 0 atom stereocenters. The summed E-state index contributed by atoms with van der Waals surface area (Å²) in [5.41, 5.74) is 1.66. The molecule has 0 fully saturated rings. The first-order valence-corrected chi connectivity index (χ1v) is 9.04. The zero-order chi connectivity index (χ0) is 19.5. The van der Waals surface area contributed by atoms with Gasteiger partial charge in [0, 0.05) is 6.54 Å². The highest BCUT2D eigenvalue weighted by Crippen LogP contribution is 2.23. The number of carbonyl (C=O) groups is 2. The lowest BCUT2D eigenvalue weighted by molar-refractivity contribution is -0.126. The van der Waals surface area contributed by atoms with Gasteiger partial charge in [-0.3, -0.25) is 9.59 Å². The number of aryl methyl sites for hydroxylation is 1. The van der Waals surface area contributed by atoms with Crippen molar-refractivity contribution in [3.05, 3.63) is 54.1 Å². The van der Waals surface area contributed by atoms with Crippen molar-refractivity contribution in [3.8, 4) is 11.5 Å². The number of methoxy groups -OCH3 is 1. The second kappa shape index (κ2) is 10.9. The number of rotatable bonds is 10. The van der Waals surface area contributed by atoms with Crippen LogP contribution in [0.1, 0.15) is 25.3 Å². The van der Waals surface area contributed by atoms with E-state index in [1.165, 1.54) is 0 Å². The number of carbonyl (C=O) groups excluding carboxylic acids is 2. The summed E-state index contributed by atoms with van der Waals surface area (Å²) in [6.45, 7) is 2.87. The highest BCUT2D eigenvalue weighted by molar-refractivity contribution is 6.04. The number of anilines is 1. The highest BCUT2D eigenvalue weighted by Gasteiger charge is 2.12. The van der Waals surface area contributed by atoms with Crippen molar-refractivity contribution in [2.24, 2.45) is 0 Å². The number of hydrogen-bond acceptors (Lipinski definition) is 4. The van der Waals surface area contributed by atoms with E-state index in [0.29, 0.717) is 24.6 Å². The molecule has 0 spiro atoms. The van der Waals surface area contributed by atoms with Crippen LogP contribution in [0.25, 0.3) is 0 Å². The van der Waals surface area contributed by atoms with Gasteiger partial charge < -0.3 is 20.1 Å². The van der Waals surface area contributed by atoms with Crippen LogP contribution < -0.4 is 20.1 Å². The molecule has 6 nitrogen and oxygen atoms in total. The SMILES string of the molecule is CCOc1ccccc1NC(=O)CC(=O)NCCCc1ccccc1OC. The van der Waals surface area contributed by atoms with Gasteiger partial charge in [0.05, 0.1) is 19.4 Å². The van der Waals surface area contributed by atoms with Crippen LogP contribution in [0.15, 0.2) is 48.5 Å². The van der Waals surface area contributed by atoms with E-state index < -0.39 is 0 Å². The minimum atomic E-state index is -0.371. The van der Waals surface area contributed by atoms with Gasteiger partial charge in [-0.2, -0.15) is 0 Å². The molecular weight excluding hydrogens is 344 g/mol. The van der Waals surface area contributed by atoms with E-state index in [2.05, 4.69) is 10.6 Å². The van der Waals surface area contributed by atoms with E-state index in [4.69, 9.17) is 9.47 Å². The summed E-state index contributed by atoms with van der Waals surface area (Å²) < 4.78 is 10.8. The Balaban J connectivity index is 1.73. The Hall–Kier alpha value is -3.02. The first kappa shape index (κ1) is 20.3. The average molecular weight is 370 g/mol. The zero-order valence-corrected chi connectivity index (χ0v) is 15.8. The lowest BCUT2D eigenvalue weighted by atomic mass is 10.1. The van der Waals surface area contributed by atoms with Crippen LogP contribution in [-0.2, 0) is 16.0 Å². The number of benzene rings is 2. The van der Waals surface area contributed by atoms with Crippen LogP contribution in [0.3, 0.4) is 0 Å². The fraction of sp³-hybridized carbons (Fsp3) is 0.333. The Morgan fingerprint density at radius 2 is 1.67 bits per heavy atom. The smallest absolute Gasteiger partial charge is 0.233 e. The monoisotopic (exact) mass is 370 g/mol. The second-order valence-corrected chi connectivity index (χ2v) is 5.92. The summed E-state index contributed by atoms with van der Waals surface area (Å²) in [7, 11) is 1.64. The summed E-state index contributed by atoms with van der Waals surface area (Å²) in [6.07, 6.45) is 1.33. The molecule has 0 heterocycles. The highest BCUT2D eigenvalue weighted by atomic mass is 16.5. The second-order valence-electron chi connectivity index (χ2n) is 5.92. The van der Waals surface area contributed by atoms with Crippen LogP contribution in [0.2, 0.25) is 0 Å². The molecule has 0 aliphatic rings. The van der Waals surface area contributed by atoms with Crippen molar-refractivity contribution in [2.75, 3.05) is 25.6 Å². The van der Waals surface area contributed by atoms with Crippen LogP contribution in [-0.4, -0.2) is 32.1 Å². The van der Waals surface area contributed by atoms with Gasteiger partial charge in [0.2, 0.25) is 11.8 Å². The van der Waals surface area contributed by atoms with Crippen molar-refractivity contribution >= 4 is 17.5 Å². The predicted octanol–water partition coefficient (Wildman–Crippen LogP) is 3.17. The predicted molar refractivity (Wildman–Crippen MR) is 105 cm³/mol. The van der Waals surface area contributed by atoms with Gasteiger partial charge in [0.25, 0.3) is 0 Å². The van der Waals surface area contributed by atoms with Crippen molar-refractivity contribution in [1.29, 1.82) is 0 Å². The molecule has 144 valence electrons. The molecule has 27 heavy (non-hydrogen) atoms. The van der Waals surface area contributed by atoms with Gasteiger partial charge in [-0.25, -0.2) is 0 Å². The van der Waals surface area contributed by atoms with E-state index in [-0.39, 0.29) is 18.2 Å². The van der Waals surface area contributed by atoms with Gasteiger partial charge in [0.1, 0.15) is 17.9 Å². The Labute approximate surface area is 159 Å². The van der Waals surface area contributed by atoms with Gasteiger partial charge in [0.15, 0.2) is 0 Å². The van der Waals surface area contributed by atoms with Gasteiger partial charge in [-0.1, -0.05) is 30.3 Å². The molecule has 0 saturated heterocycles. The third-order valence-corrected chi connectivity index (χ3v) is 3.92. The normalized spacial score (nSPS) is 10.1. The minimum Gasteiger partial charge on any atom is -0.496 e. The maximum atomic E-state index is 12.1. The van der Waals surface area contributed by atoms with Gasteiger partial charge in [-0.15, -0.1) is 0 Å². The summed E-state index contributed by atoms with van der Waals surface area (Å²) in [5.74, 6) is 0.757. The standard InChI is InChI=1S/C21H26N2O4/c1-3-27-19-13-7-5-11-17(19)23-21(25)15-20(24)22-14-8-10-16-9-4-6-12-18(16)26-2/h4-7,9,11-13H,3,8,10,14-15H2,1-2H3,(H,22,24)(H,23,25). The van der Waals surface area contributed by atoms with Gasteiger partial charge in [-0.05, 0) is 43.5 Å². The fourth-order valence-electron chi connectivity index (χ4n) is 2.67. The molecule has 2 aromatic carbocycles. The zero-order valence-electron chi connectivity index (χ0n) is 15.8. The molecule has 2 rings (SSSR count). The van der Waals surface area contributed by atoms with E-state index in [0.717, 1.165) is 24.2 Å². The third-order valence-electron chi connectivity index (χ3n) is 3.92. The van der Waals surface area contributed by atoms with E-state index in [9.17, 15) is 9.59 Å². The summed E-state index contributed by atoms with van der Waals surface area (Å²) in [4.78, 5) is 24.0. The largest absolute Gasteiger partial charge is 0.496 e. The Kier molecular flexibility index (Phi) is 8.16. The van der Waals surface area contributed by atoms with E-state index in [1.54, 1.807) is 25.3 Å². The van der Waals surface area contributed by atoms with Gasteiger partial charge >= 0.3 is 0 Å². The molecule has 0 unspecified atom stereocenters. The van der Waals surface area contributed by atoms with Crippen LogP contribution in [0.5, 0.6) is 11.5 Å². The number of amides is 2. The number of ether oxygens (including phenoxy) is 2. The number of para-hydroxylation sites is 3. The topological polar surface area (TPSA) is 76.7 Å². The van der Waals surface area contributed by atoms with Crippen molar-refractivity contribution in [1.82, 2.24) is 5.32 Å². The lowest BCUT2D eigenvalue weighted by Crippen LogP contribution is -2.29. The minimum absolute atomic E-state index is 0.227. The van der Waals surface area contributed by atoms with Crippen molar-refractivity contribution in [2.45, 2.75) is 26.2 Å². The maximum Gasteiger partial charge on any atom is 0.233 e. The molecule has 2 aromatic rings. The number of hydrogen-bond donors (Lipinski definition) is 2. The molecule has 0 bridgehead atoms. The van der Waals surface area contributed by atoms with Crippen LogP contribution in [0.4, 0.5) is 5.69 Å². The number of nitrogens with one attached hydrogen (secondary N) is 2. The van der Waals surface area contributed by atoms with E-state index in [1.807, 2.05) is 37.3 Å². The Morgan fingerprint density at radius 1 is 0.963 bits per heavy atom. The molecule has 2 N–H and O–H groups in total. The quantitative estimate of drug-likeness (QED) is 0.497. The molecule has 6 heteroatoms. The summed E-state index contributed by atoms with van der Waals surface area (Å²) in [5, 5.41) is 5.49. The van der Waals surface area contributed by atoms with E-state index >= 15 is 0 Å². The van der Waals surface area contributed by atoms with Crippen molar-refractivity contribution in [3.63, 3.8) is 0 Å². The molecule has 0 aromatic heterocycles. The summed E-state index contributed by atoms with van der Waals surface area (Å²) >= 11 is 0. The van der Waals surface area contributed by atoms with Crippen molar-refractivity contribution < 1.29 is 19.1 Å². The first-order chi connectivity index (χ1) is 13.1. The molecule has 0 aliphatic carbocycles. The maximum absolute atomic E-state index is 12.1. The average Bonchev–Trinajstić information content (AvgIpc) is 2.67. The third kappa shape index (κ3) is 6.66. The molecular formula is C21H26N2O4. The lowest BCUT2D eigenvalue weighted by Gasteiger charge is -2.11. The summed E-state index contributed by atoms with van der Waals surface area (Å²) in [6, 6.07) is 15.0. The van der Waals surface area contributed by atoms with Crippen LogP contribution >= 0.6 is 0 Å². The fourth-order valence-corrected chi connectivity index (χ4v) is 2.67. The molecule has 0 radical (unpaired) electrons. The molecule has 0 saturated carbocycles. The molecule has 0 aliphatic heterocycles. The van der Waals surface area contributed by atoms with Crippen LogP contribution in [0, 0.1) is 0 Å². The first-order valence-electron chi connectivity index (χ1n) is 9.04. The Bertz CT molecular complexity index is 761.